The zero-order chi connectivity index (χ0) is 16.2. The minimum atomic E-state index is -0.370. The molecule has 4 heteroatoms. The third kappa shape index (κ3) is 2.97. The third-order valence-electron chi connectivity index (χ3n) is 4.08. The SMILES string of the molecule is CCCNC(=O)N1C(=O)Cc2ccccc2C1c1ccccc1. The highest BCUT2D eigenvalue weighted by atomic mass is 16.2. The lowest BCUT2D eigenvalue weighted by Gasteiger charge is -2.36. The fourth-order valence-electron chi connectivity index (χ4n) is 3.00. The molecule has 23 heavy (non-hydrogen) atoms. The molecule has 1 aliphatic heterocycles. The van der Waals surface area contributed by atoms with Crippen molar-refractivity contribution in [3.05, 3.63) is 71.3 Å². The van der Waals surface area contributed by atoms with E-state index < -0.39 is 0 Å². The quantitative estimate of drug-likeness (QED) is 0.946. The number of nitrogens with zero attached hydrogens (tertiary/aromatic N) is 1. The number of nitrogens with one attached hydrogen (secondary N) is 1. The maximum atomic E-state index is 12.6. The second-order valence-corrected chi connectivity index (χ2v) is 5.68. The average molecular weight is 308 g/mol. The molecule has 0 radical (unpaired) electrons. The smallest absolute Gasteiger partial charge is 0.324 e. The van der Waals surface area contributed by atoms with Crippen molar-refractivity contribution in [3.63, 3.8) is 0 Å². The number of urea groups is 1. The van der Waals surface area contributed by atoms with Gasteiger partial charge in [0, 0.05) is 6.54 Å². The number of hydrogen-bond acceptors (Lipinski definition) is 2. The summed E-state index contributed by atoms with van der Waals surface area (Å²) in [6, 6.07) is 16.9. The monoisotopic (exact) mass is 308 g/mol. The fourth-order valence-corrected chi connectivity index (χ4v) is 3.00. The Bertz CT molecular complexity index is 712. The summed E-state index contributed by atoms with van der Waals surface area (Å²) in [5, 5.41) is 2.83. The molecule has 118 valence electrons. The molecule has 1 aliphatic rings. The van der Waals surface area contributed by atoms with Gasteiger partial charge in [0.15, 0.2) is 0 Å². The lowest BCUT2D eigenvalue weighted by Crippen LogP contribution is -2.49. The molecular weight excluding hydrogens is 288 g/mol. The van der Waals surface area contributed by atoms with Crippen molar-refractivity contribution in [2.45, 2.75) is 25.8 Å². The Morgan fingerprint density at radius 1 is 1.13 bits per heavy atom. The second kappa shape index (κ2) is 6.65. The Labute approximate surface area is 136 Å². The van der Waals surface area contributed by atoms with E-state index in [1.807, 2.05) is 61.5 Å². The molecule has 1 heterocycles. The first-order valence-corrected chi connectivity index (χ1v) is 7.95. The van der Waals surface area contributed by atoms with E-state index in [0.29, 0.717) is 6.54 Å². The summed E-state index contributed by atoms with van der Waals surface area (Å²) in [7, 11) is 0. The number of carbonyl (C=O) groups is 2. The van der Waals surface area contributed by atoms with Crippen LogP contribution in [0.15, 0.2) is 54.6 Å². The van der Waals surface area contributed by atoms with Gasteiger partial charge in [-0.25, -0.2) is 4.79 Å². The van der Waals surface area contributed by atoms with Crippen LogP contribution in [0.25, 0.3) is 0 Å². The molecule has 2 aromatic carbocycles. The Morgan fingerprint density at radius 3 is 2.57 bits per heavy atom. The fraction of sp³-hybridized carbons (Fsp3) is 0.263. The van der Waals surface area contributed by atoms with E-state index in [-0.39, 0.29) is 24.4 Å². The lowest BCUT2D eigenvalue weighted by molar-refractivity contribution is -0.129. The zero-order valence-corrected chi connectivity index (χ0v) is 13.2. The Kier molecular flexibility index (Phi) is 4.42. The van der Waals surface area contributed by atoms with E-state index in [2.05, 4.69) is 5.32 Å². The van der Waals surface area contributed by atoms with Gasteiger partial charge in [0.25, 0.3) is 0 Å². The van der Waals surface area contributed by atoms with E-state index in [1.165, 1.54) is 4.90 Å². The average Bonchev–Trinajstić information content (AvgIpc) is 2.59. The molecule has 2 aromatic rings. The van der Waals surface area contributed by atoms with E-state index in [9.17, 15) is 9.59 Å². The van der Waals surface area contributed by atoms with Gasteiger partial charge in [-0.05, 0) is 23.1 Å². The summed E-state index contributed by atoms with van der Waals surface area (Å²) in [6.07, 6.45) is 1.10. The minimum Gasteiger partial charge on any atom is -0.338 e. The lowest BCUT2D eigenvalue weighted by atomic mass is 9.88. The summed E-state index contributed by atoms with van der Waals surface area (Å²) < 4.78 is 0. The molecule has 1 unspecified atom stereocenters. The molecule has 0 saturated carbocycles. The zero-order valence-electron chi connectivity index (χ0n) is 13.2. The Balaban J connectivity index is 2.06. The van der Waals surface area contributed by atoms with Crippen LogP contribution < -0.4 is 5.32 Å². The highest BCUT2D eigenvalue weighted by Gasteiger charge is 2.37. The van der Waals surface area contributed by atoms with Gasteiger partial charge in [0.05, 0.1) is 12.5 Å². The van der Waals surface area contributed by atoms with Crippen molar-refractivity contribution >= 4 is 11.9 Å². The number of carbonyl (C=O) groups excluding carboxylic acids is 2. The minimum absolute atomic E-state index is 0.161. The first-order chi connectivity index (χ1) is 11.2. The topological polar surface area (TPSA) is 49.4 Å². The molecule has 1 atom stereocenters. The van der Waals surface area contributed by atoms with E-state index in [0.717, 1.165) is 23.1 Å². The van der Waals surface area contributed by atoms with E-state index >= 15 is 0 Å². The molecule has 0 spiro atoms. The molecule has 0 aromatic heterocycles. The standard InChI is InChI=1S/C19H20N2O2/c1-2-12-20-19(23)21-17(22)13-15-10-6-7-11-16(15)18(21)14-8-4-3-5-9-14/h3-11,18H,2,12-13H2,1H3,(H,20,23). The molecule has 3 amide bonds. The Hall–Kier alpha value is -2.62. The van der Waals surface area contributed by atoms with Gasteiger partial charge >= 0.3 is 6.03 Å². The van der Waals surface area contributed by atoms with Gasteiger partial charge in [-0.15, -0.1) is 0 Å². The van der Waals surface area contributed by atoms with Crippen LogP contribution in [-0.4, -0.2) is 23.4 Å². The van der Waals surface area contributed by atoms with Crippen LogP contribution in [-0.2, 0) is 11.2 Å². The number of imide groups is 1. The van der Waals surface area contributed by atoms with Gasteiger partial charge in [-0.1, -0.05) is 61.5 Å². The number of rotatable bonds is 3. The second-order valence-electron chi connectivity index (χ2n) is 5.68. The van der Waals surface area contributed by atoms with Gasteiger partial charge in [0.2, 0.25) is 5.91 Å². The summed E-state index contributed by atoms with van der Waals surface area (Å²) in [5.41, 5.74) is 2.95. The third-order valence-corrected chi connectivity index (χ3v) is 4.08. The van der Waals surface area contributed by atoms with Crippen LogP contribution in [0, 0.1) is 0 Å². The number of fused-ring (bicyclic) bond motifs is 1. The van der Waals surface area contributed by atoms with Gasteiger partial charge < -0.3 is 5.32 Å². The van der Waals surface area contributed by atoms with Gasteiger partial charge in [-0.2, -0.15) is 0 Å². The maximum absolute atomic E-state index is 12.6. The van der Waals surface area contributed by atoms with Crippen molar-refractivity contribution < 1.29 is 9.59 Å². The van der Waals surface area contributed by atoms with Crippen molar-refractivity contribution in [3.8, 4) is 0 Å². The molecule has 4 nitrogen and oxygen atoms in total. The van der Waals surface area contributed by atoms with Crippen LogP contribution in [0.2, 0.25) is 0 Å². The Morgan fingerprint density at radius 2 is 1.83 bits per heavy atom. The van der Waals surface area contributed by atoms with Crippen LogP contribution in [0.1, 0.15) is 36.1 Å². The molecular formula is C19H20N2O2. The number of hydrogen-bond donors (Lipinski definition) is 1. The van der Waals surface area contributed by atoms with Crippen LogP contribution in [0.5, 0.6) is 0 Å². The van der Waals surface area contributed by atoms with Gasteiger partial charge in [0.1, 0.15) is 0 Å². The van der Waals surface area contributed by atoms with Crippen molar-refractivity contribution in [2.24, 2.45) is 0 Å². The van der Waals surface area contributed by atoms with E-state index in [1.54, 1.807) is 0 Å². The van der Waals surface area contributed by atoms with E-state index in [4.69, 9.17) is 0 Å². The predicted molar refractivity (Wildman–Crippen MR) is 89.0 cm³/mol. The maximum Gasteiger partial charge on any atom is 0.324 e. The largest absolute Gasteiger partial charge is 0.338 e. The molecule has 3 rings (SSSR count). The summed E-state index contributed by atoms with van der Waals surface area (Å²) in [6.45, 7) is 2.55. The highest BCUT2D eigenvalue weighted by Crippen LogP contribution is 2.35. The normalized spacial score (nSPS) is 16.8. The number of benzene rings is 2. The molecule has 0 fully saturated rings. The summed E-state index contributed by atoms with van der Waals surface area (Å²) >= 11 is 0. The van der Waals surface area contributed by atoms with Gasteiger partial charge in [-0.3, -0.25) is 9.69 Å². The van der Waals surface area contributed by atoms with Crippen LogP contribution >= 0.6 is 0 Å². The van der Waals surface area contributed by atoms with Crippen molar-refractivity contribution in [1.82, 2.24) is 10.2 Å². The molecule has 1 N–H and O–H groups in total. The summed E-state index contributed by atoms with van der Waals surface area (Å²) in [4.78, 5) is 26.5. The highest BCUT2D eigenvalue weighted by molar-refractivity contribution is 5.97. The predicted octanol–water partition coefficient (Wildman–Crippen LogP) is 3.28. The molecule has 0 bridgehead atoms. The van der Waals surface area contributed by atoms with Crippen molar-refractivity contribution in [2.75, 3.05) is 6.54 Å². The first-order valence-electron chi connectivity index (χ1n) is 7.95. The number of amides is 3. The molecule has 0 aliphatic carbocycles. The van der Waals surface area contributed by atoms with Crippen LogP contribution in [0.3, 0.4) is 0 Å². The van der Waals surface area contributed by atoms with Crippen LogP contribution in [0.4, 0.5) is 4.79 Å². The first kappa shape index (κ1) is 15.3. The van der Waals surface area contributed by atoms with Crippen molar-refractivity contribution in [1.29, 1.82) is 0 Å². The summed E-state index contributed by atoms with van der Waals surface area (Å²) in [5.74, 6) is -0.161. The molecule has 0 saturated heterocycles.